The Morgan fingerprint density at radius 1 is 1.06 bits per heavy atom. The maximum atomic E-state index is 12.5. The van der Waals surface area contributed by atoms with Gasteiger partial charge in [0.1, 0.15) is 18.3 Å². The highest BCUT2D eigenvalue weighted by molar-refractivity contribution is 5.96. The predicted molar refractivity (Wildman–Crippen MR) is 126 cm³/mol. The zero-order valence-corrected chi connectivity index (χ0v) is 19.1. The van der Waals surface area contributed by atoms with Crippen molar-refractivity contribution >= 4 is 23.8 Å². The van der Waals surface area contributed by atoms with Crippen LogP contribution in [0.15, 0.2) is 54.6 Å². The number of rotatable bonds is 7. The van der Waals surface area contributed by atoms with Crippen LogP contribution in [-0.2, 0) is 16.6 Å². The van der Waals surface area contributed by atoms with Gasteiger partial charge in [-0.05, 0) is 28.2 Å². The van der Waals surface area contributed by atoms with Crippen LogP contribution in [0.3, 0.4) is 0 Å². The normalized spacial score (nSPS) is 13.2. The molecule has 1 aliphatic carbocycles. The van der Waals surface area contributed by atoms with Crippen LogP contribution in [0.2, 0.25) is 0 Å². The van der Waals surface area contributed by atoms with E-state index >= 15 is 0 Å². The number of anilines is 1. The van der Waals surface area contributed by atoms with Crippen LogP contribution >= 0.6 is 0 Å². The van der Waals surface area contributed by atoms with Crippen LogP contribution in [0.4, 0.5) is 10.6 Å². The van der Waals surface area contributed by atoms with E-state index in [2.05, 4.69) is 27.9 Å². The second-order valence-electron chi connectivity index (χ2n) is 8.52. The first-order chi connectivity index (χ1) is 16.3. The molecular weight excluding hydrogens is 436 g/mol. The maximum Gasteiger partial charge on any atom is 0.412 e. The fraction of sp³-hybridized carbons (Fsp3) is 0.280. The highest BCUT2D eigenvalue weighted by Crippen LogP contribution is 2.44. The number of fused-ring (bicyclic) bond motifs is 3. The summed E-state index contributed by atoms with van der Waals surface area (Å²) in [6, 6.07) is 16.4. The smallest absolute Gasteiger partial charge is 0.412 e. The predicted octanol–water partition coefficient (Wildman–Crippen LogP) is 3.62. The Morgan fingerprint density at radius 2 is 1.65 bits per heavy atom. The van der Waals surface area contributed by atoms with Gasteiger partial charge in [0.15, 0.2) is 5.82 Å². The van der Waals surface area contributed by atoms with Crippen molar-refractivity contribution in [2.45, 2.75) is 25.8 Å². The van der Waals surface area contributed by atoms with E-state index in [4.69, 9.17) is 4.74 Å². The summed E-state index contributed by atoms with van der Waals surface area (Å²) in [7, 11) is 1.53. The molecule has 2 aromatic carbocycles. The van der Waals surface area contributed by atoms with Gasteiger partial charge in [-0.3, -0.25) is 14.8 Å². The molecular formula is C25H26N4O5. The van der Waals surface area contributed by atoms with Crippen LogP contribution in [0.25, 0.3) is 11.1 Å². The fourth-order valence-corrected chi connectivity index (χ4v) is 4.21. The number of carbonyl (C=O) groups is 3. The van der Waals surface area contributed by atoms with Crippen LogP contribution in [-0.4, -0.2) is 45.5 Å². The molecule has 1 aliphatic rings. The van der Waals surface area contributed by atoms with Gasteiger partial charge in [0.2, 0.25) is 0 Å². The topological polar surface area (TPSA) is 123 Å². The number of hydrogen-bond acceptors (Lipinski definition) is 5. The first kappa shape index (κ1) is 23.0. The van der Waals surface area contributed by atoms with Crippen molar-refractivity contribution in [3.8, 4) is 11.1 Å². The number of carboxylic acid groups (broad SMARTS) is 1. The van der Waals surface area contributed by atoms with E-state index < -0.39 is 24.0 Å². The number of benzene rings is 2. The summed E-state index contributed by atoms with van der Waals surface area (Å²) >= 11 is 0. The molecule has 0 radical (unpaired) electrons. The summed E-state index contributed by atoms with van der Waals surface area (Å²) in [6.45, 7) is 3.55. The summed E-state index contributed by atoms with van der Waals surface area (Å²) in [5.41, 5.74) is 4.58. The van der Waals surface area contributed by atoms with Gasteiger partial charge in [-0.15, -0.1) is 0 Å². The number of nitrogens with zero attached hydrogens (tertiary/aromatic N) is 2. The molecule has 0 saturated carbocycles. The van der Waals surface area contributed by atoms with Gasteiger partial charge in [-0.1, -0.05) is 62.4 Å². The van der Waals surface area contributed by atoms with Crippen LogP contribution in [0.1, 0.15) is 41.4 Å². The van der Waals surface area contributed by atoms with E-state index in [1.807, 2.05) is 36.4 Å². The minimum absolute atomic E-state index is 0.0767. The molecule has 9 nitrogen and oxygen atoms in total. The first-order valence-electron chi connectivity index (χ1n) is 11.0. The fourth-order valence-electron chi connectivity index (χ4n) is 4.21. The Kier molecular flexibility index (Phi) is 6.36. The summed E-state index contributed by atoms with van der Waals surface area (Å²) < 4.78 is 6.77. The molecule has 9 heteroatoms. The molecule has 1 aromatic heterocycles. The van der Waals surface area contributed by atoms with Gasteiger partial charge in [-0.25, -0.2) is 9.59 Å². The van der Waals surface area contributed by atoms with E-state index in [0.29, 0.717) is 0 Å². The lowest BCUT2D eigenvalue weighted by Gasteiger charge is -2.17. The Balaban J connectivity index is 1.41. The molecule has 2 amide bonds. The molecule has 0 bridgehead atoms. The van der Waals surface area contributed by atoms with Crippen LogP contribution < -0.4 is 10.6 Å². The Morgan fingerprint density at radius 3 is 2.21 bits per heavy atom. The second kappa shape index (κ2) is 9.38. The molecule has 4 rings (SSSR count). The van der Waals surface area contributed by atoms with Crippen molar-refractivity contribution in [1.82, 2.24) is 15.1 Å². The summed E-state index contributed by atoms with van der Waals surface area (Å²) in [5.74, 6) is -1.97. The minimum atomic E-state index is -1.12. The zero-order chi connectivity index (χ0) is 24.4. The molecule has 176 valence electrons. The lowest BCUT2D eigenvalue weighted by atomic mass is 9.98. The zero-order valence-electron chi connectivity index (χ0n) is 19.1. The van der Waals surface area contributed by atoms with Gasteiger partial charge in [0.05, 0.1) is 0 Å². The number of carbonyl (C=O) groups excluding carboxylic acids is 2. The van der Waals surface area contributed by atoms with Crippen molar-refractivity contribution in [3.63, 3.8) is 0 Å². The van der Waals surface area contributed by atoms with E-state index in [-0.39, 0.29) is 30.0 Å². The number of aromatic nitrogens is 2. The number of carboxylic acids is 1. The Labute approximate surface area is 196 Å². The summed E-state index contributed by atoms with van der Waals surface area (Å²) in [6.07, 6.45) is -0.697. The second-order valence-corrected chi connectivity index (χ2v) is 8.52. The average Bonchev–Trinajstić information content (AvgIpc) is 3.32. The third kappa shape index (κ3) is 4.50. The van der Waals surface area contributed by atoms with E-state index in [9.17, 15) is 19.5 Å². The molecule has 0 unspecified atom stereocenters. The van der Waals surface area contributed by atoms with Gasteiger partial charge in [0.25, 0.3) is 5.91 Å². The summed E-state index contributed by atoms with van der Waals surface area (Å²) in [5, 5.41) is 18.4. The minimum Gasteiger partial charge on any atom is -0.480 e. The SMILES string of the molecule is CC(C)[C@@H](NC(=O)c1cc(NC(=O)OCC2c3ccccc3-c3ccccc32)nn1C)C(=O)O. The van der Waals surface area contributed by atoms with Crippen molar-refractivity contribution in [2.24, 2.45) is 13.0 Å². The van der Waals surface area contributed by atoms with Crippen molar-refractivity contribution in [1.29, 1.82) is 0 Å². The van der Waals surface area contributed by atoms with Crippen molar-refractivity contribution in [2.75, 3.05) is 11.9 Å². The standard InChI is InChI=1S/C25H26N4O5/c1-14(2)22(24(31)32)27-23(30)20-12-21(28-29(20)3)26-25(33)34-13-19-17-10-6-4-8-15(17)16-9-5-7-11-18(16)19/h4-12,14,19,22H,13H2,1-3H3,(H,27,30)(H,31,32)(H,26,28,33)/t22-/m1/s1. The van der Waals surface area contributed by atoms with Crippen LogP contribution in [0.5, 0.6) is 0 Å². The largest absolute Gasteiger partial charge is 0.480 e. The van der Waals surface area contributed by atoms with Crippen LogP contribution in [0, 0.1) is 5.92 Å². The van der Waals surface area contributed by atoms with Gasteiger partial charge < -0.3 is 15.2 Å². The molecule has 0 spiro atoms. The van der Waals surface area contributed by atoms with Crippen molar-refractivity contribution < 1.29 is 24.2 Å². The molecule has 0 aliphatic heterocycles. The summed E-state index contributed by atoms with van der Waals surface area (Å²) in [4.78, 5) is 36.4. The maximum absolute atomic E-state index is 12.5. The monoisotopic (exact) mass is 462 g/mol. The van der Waals surface area contributed by atoms with E-state index in [1.165, 1.54) is 17.8 Å². The third-order valence-corrected chi connectivity index (χ3v) is 5.91. The number of nitrogens with one attached hydrogen (secondary N) is 2. The number of aliphatic carboxylic acids is 1. The van der Waals surface area contributed by atoms with Gasteiger partial charge >= 0.3 is 12.1 Å². The van der Waals surface area contributed by atoms with E-state index in [0.717, 1.165) is 22.3 Å². The van der Waals surface area contributed by atoms with Gasteiger partial charge in [-0.2, -0.15) is 5.10 Å². The Hall–Kier alpha value is -4.14. The Bertz CT molecular complexity index is 1200. The molecule has 3 N–H and O–H groups in total. The molecule has 1 heterocycles. The molecule has 3 aromatic rings. The third-order valence-electron chi connectivity index (χ3n) is 5.91. The number of hydrogen-bond donors (Lipinski definition) is 3. The lowest BCUT2D eigenvalue weighted by Crippen LogP contribution is -2.44. The molecule has 34 heavy (non-hydrogen) atoms. The van der Waals surface area contributed by atoms with Crippen molar-refractivity contribution in [3.05, 3.63) is 71.4 Å². The number of ether oxygens (including phenoxy) is 1. The average molecular weight is 463 g/mol. The molecule has 0 fully saturated rings. The van der Waals surface area contributed by atoms with E-state index in [1.54, 1.807) is 13.8 Å². The number of aryl methyl sites for hydroxylation is 1. The van der Waals surface area contributed by atoms with Gasteiger partial charge in [0, 0.05) is 19.0 Å². The first-order valence-corrected chi connectivity index (χ1v) is 11.0. The quantitative estimate of drug-likeness (QED) is 0.493. The molecule has 0 saturated heterocycles. The highest BCUT2D eigenvalue weighted by atomic mass is 16.5. The lowest BCUT2D eigenvalue weighted by molar-refractivity contribution is -0.140. The number of amides is 2. The highest BCUT2D eigenvalue weighted by Gasteiger charge is 2.29. The molecule has 1 atom stereocenters.